The van der Waals surface area contributed by atoms with Crippen LogP contribution >= 0.6 is 0 Å². The van der Waals surface area contributed by atoms with Gasteiger partial charge in [0.2, 0.25) is 0 Å². The summed E-state index contributed by atoms with van der Waals surface area (Å²) < 4.78 is 0. The minimum absolute atomic E-state index is 0.731. The molecule has 1 atom stereocenters. The van der Waals surface area contributed by atoms with Gasteiger partial charge in [0.1, 0.15) is 0 Å². The molecule has 0 aromatic carbocycles. The number of nitrogens with one attached hydrogen (secondary N) is 1. The Hall–Kier alpha value is -0.0800. The third kappa shape index (κ3) is 5.56. The largest absolute Gasteiger partial charge is 0.313 e. The highest BCUT2D eigenvalue weighted by atomic mass is 15.2. The van der Waals surface area contributed by atoms with Gasteiger partial charge in [0.25, 0.3) is 0 Å². The van der Waals surface area contributed by atoms with Crippen LogP contribution in [0.1, 0.15) is 78.6 Å². The Morgan fingerprint density at radius 2 is 1.52 bits per heavy atom. The molecule has 0 radical (unpaired) electrons. The number of nitrogens with zero attached hydrogens (tertiary/aromatic N) is 1. The predicted molar refractivity (Wildman–Crippen MR) is 92.7 cm³/mol. The Labute approximate surface area is 133 Å². The molecule has 0 heterocycles. The lowest BCUT2D eigenvalue weighted by Crippen LogP contribution is -2.49. The highest BCUT2D eigenvalue weighted by molar-refractivity contribution is 4.86. The fourth-order valence-corrected chi connectivity index (χ4v) is 4.54. The molecule has 2 aliphatic rings. The number of rotatable bonds is 8. The van der Waals surface area contributed by atoms with Crippen LogP contribution in [0.15, 0.2) is 0 Å². The molecule has 124 valence electrons. The molecule has 0 amide bonds. The van der Waals surface area contributed by atoms with E-state index in [-0.39, 0.29) is 0 Å². The van der Waals surface area contributed by atoms with Crippen LogP contribution in [-0.4, -0.2) is 36.6 Å². The Balaban J connectivity index is 1.95. The first-order valence-electron chi connectivity index (χ1n) is 9.68. The maximum Gasteiger partial charge on any atom is 0.0223 e. The third-order valence-corrected chi connectivity index (χ3v) is 5.56. The van der Waals surface area contributed by atoms with Gasteiger partial charge in [0, 0.05) is 25.2 Å². The molecule has 0 saturated heterocycles. The Morgan fingerprint density at radius 1 is 0.905 bits per heavy atom. The molecule has 2 heteroatoms. The topological polar surface area (TPSA) is 15.3 Å². The average molecular weight is 295 g/mol. The van der Waals surface area contributed by atoms with Crippen molar-refractivity contribution in [2.45, 2.75) is 90.6 Å². The number of likely N-dealkylation sites (N-methyl/N-ethyl adjacent to an activating group) is 1. The van der Waals surface area contributed by atoms with E-state index in [9.17, 15) is 0 Å². The highest BCUT2D eigenvalue weighted by Crippen LogP contribution is 2.29. The lowest BCUT2D eigenvalue weighted by molar-refractivity contribution is 0.130. The van der Waals surface area contributed by atoms with Gasteiger partial charge in [-0.2, -0.15) is 0 Å². The van der Waals surface area contributed by atoms with Crippen molar-refractivity contribution in [3.05, 3.63) is 0 Å². The molecule has 1 N–H and O–H groups in total. The second kappa shape index (κ2) is 9.15. The number of hydrogen-bond acceptors (Lipinski definition) is 2. The zero-order valence-corrected chi connectivity index (χ0v) is 14.7. The van der Waals surface area contributed by atoms with Gasteiger partial charge in [-0.05, 0) is 44.1 Å². The molecular weight excluding hydrogens is 256 g/mol. The van der Waals surface area contributed by atoms with Gasteiger partial charge >= 0.3 is 0 Å². The summed E-state index contributed by atoms with van der Waals surface area (Å²) in [4.78, 5) is 2.85. The summed E-state index contributed by atoms with van der Waals surface area (Å²) in [5, 5.41) is 3.84. The second-order valence-electron chi connectivity index (χ2n) is 7.85. The Kier molecular flexibility index (Phi) is 7.53. The van der Waals surface area contributed by atoms with Gasteiger partial charge in [-0.15, -0.1) is 0 Å². The van der Waals surface area contributed by atoms with Crippen LogP contribution < -0.4 is 5.32 Å². The zero-order valence-electron chi connectivity index (χ0n) is 14.7. The van der Waals surface area contributed by atoms with Crippen LogP contribution in [0.4, 0.5) is 0 Å². The van der Waals surface area contributed by atoms with Crippen molar-refractivity contribution in [1.29, 1.82) is 0 Å². The lowest BCUT2D eigenvalue weighted by Gasteiger charge is -2.38. The minimum Gasteiger partial charge on any atom is -0.313 e. The quantitative estimate of drug-likeness (QED) is 0.711. The Bertz CT molecular complexity index is 265. The van der Waals surface area contributed by atoms with Crippen molar-refractivity contribution in [2.24, 2.45) is 11.8 Å². The van der Waals surface area contributed by atoms with E-state index < -0.39 is 0 Å². The van der Waals surface area contributed by atoms with Gasteiger partial charge in [-0.25, -0.2) is 0 Å². The van der Waals surface area contributed by atoms with E-state index >= 15 is 0 Å². The van der Waals surface area contributed by atoms with Crippen LogP contribution in [-0.2, 0) is 0 Å². The fraction of sp³-hybridized carbons (Fsp3) is 1.00. The first kappa shape index (κ1) is 17.3. The van der Waals surface area contributed by atoms with Gasteiger partial charge in [-0.3, -0.25) is 4.90 Å². The molecule has 2 fully saturated rings. The normalized spacial score (nSPS) is 23.3. The highest BCUT2D eigenvalue weighted by Gasteiger charge is 2.29. The summed E-state index contributed by atoms with van der Waals surface area (Å²) in [6.45, 7) is 10.7. The summed E-state index contributed by atoms with van der Waals surface area (Å²) in [6, 6.07) is 1.60. The van der Waals surface area contributed by atoms with Crippen molar-refractivity contribution >= 4 is 0 Å². The molecule has 21 heavy (non-hydrogen) atoms. The first-order chi connectivity index (χ1) is 10.2. The van der Waals surface area contributed by atoms with Gasteiger partial charge in [-0.1, -0.05) is 52.9 Å². The molecule has 0 aliphatic heterocycles. The first-order valence-corrected chi connectivity index (χ1v) is 9.68. The van der Waals surface area contributed by atoms with Crippen molar-refractivity contribution in [3.8, 4) is 0 Å². The smallest absolute Gasteiger partial charge is 0.0223 e. The summed E-state index contributed by atoms with van der Waals surface area (Å²) in [7, 11) is 0. The van der Waals surface area contributed by atoms with E-state index in [1.54, 1.807) is 0 Å². The maximum atomic E-state index is 3.84. The molecule has 2 rings (SSSR count). The van der Waals surface area contributed by atoms with Crippen LogP contribution in [0.25, 0.3) is 0 Å². The summed E-state index contributed by atoms with van der Waals surface area (Å²) in [5.74, 6) is 1.72. The van der Waals surface area contributed by atoms with Crippen LogP contribution in [0, 0.1) is 11.8 Å². The molecule has 0 spiro atoms. The molecule has 2 aliphatic carbocycles. The second-order valence-corrected chi connectivity index (χ2v) is 7.85. The minimum atomic E-state index is 0.731. The van der Waals surface area contributed by atoms with Crippen molar-refractivity contribution < 1.29 is 0 Å². The fourth-order valence-electron chi connectivity index (χ4n) is 4.54. The van der Waals surface area contributed by atoms with E-state index in [0.29, 0.717) is 0 Å². The Morgan fingerprint density at radius 3 is 2.10 bits per heavy atom. The molecule has 0 aromatic rings. The molecular formula is C19H38N2. The predicted octanol–water partition coefficient (Wildman–Crippen LogP) is 4.45. The van der Waals surface area contributed by atoms with Gasteiger partial charge in [0.15, 0.2) is 0 Å². The molecule has 0 bridgehead atoms. The molecule has 2 saturated carbocycles. The van der Waals surface area contributed by atoms with E-state index in [0.717, 1.165) is 30.5 Å². The van der Waals surface area contributed by atoms with E-state index in [4.69, 9.17) is 0 Å². The zero-order chi connectivity index (χ0) is 15.1. The van der Waals surface area contributed by atoms with Crippen molar-refractivity contribution in [2.75, 3.05) is 19.6 Å². The maximum absolute atomic E-state index is 3.84. The van der Waals surface area contributed by atoms with Gasteiger partial charge in [0.05, 0.1) is 0 Å². The molecule has 1 unspecified atom stereocenters. The van der Waals surface area contributed by atoms with E-state index in [1.165, 1.54) is 70.9 Å². The van der Waals surface area contributed by atoms with Crippen LogP contribution in [0.3, 0.4) is 0 Å². The van der Waals surface area contributed by atoms with Gasteiger partial charge < -0.3 is 5.32 Å². The monoisotopic (exact) mass is 294 g/mol. The summed E-state index contributed by atoms with van der Waals surface area (Å²) in [5.41, 5.74) is 0. The molecule has 0 aromatic heterocycles. The van der Waals surface area contributed by atoms with Crippen LogP contribution in [0.2, 0.25) is 0 Å². The summed E-state index contributed by atoms with van der Waals surface area (Å²) in [6.07, 6.45) is 13.1. The summed E-state index contributed by atoms with van der Waals surface area (Å²) >= 11 is 0. The third-order valence-electron chi connectivity index (χ3n) is 5.56. The van der Waals surface area contributed by atoms with Crippen molar-refractivity contribution in [1.82, 2.24) is 10.2 Å². The molecule has 2 nitrogen and oxygen atoms in total. The standard InChI is InChI=1S/C19H38N2/c1-4-20-19(17-10-6-5-7-11-17)15-21(14-16(2)3)18-12-8-9-13-18/h16-20H,4-15H2,1-3H3. The van der Waals surface area contributed by atoms with E-state index in [1.807, 2.05) is 0 Å². The average Bonchev–Trinajstić information content (AvgIpc) is 3.00. The number of hydrogen-bond donors (Lipinski definition) is 1. The van der Waals surface area contributed by atoms with Crippen LogP contribution in [0.5, 0.6) is 0 Å². The van der Waals surface area contributed by atoms with Crippen molar-refractivity contribution in [3.63, 3.8) is 0 Å². The lowest BCUT2D eigenvalue weighted by atomic mass is 9.83. The SMILES string of the molecule is CCNC(CN(CC(C)C)C1CCCC1)C1CCCCC1. The van der Waals surface area contributed by atoms with E-state index in [2.05, 4.69) is 31.0 Å².